The Balaban J connectivity index is 4.66. The number of amides is 1. The van der Waals surface area contributed by atoms with Gasteiger partial charge in [-0.1, -0.05) is 262 Å². The minimum atomic E-state index is -0.819. The third-order valence-electron chi connectivity index (χ3n) is 12.1. The van der Waals surface area contributed by atoms with Crippen molar-refractivity contribution in [1.82, 2.24) is 5.32 Å². The number of carbonyl (C=O) groups is 2. The Labute approximate surface area is 390 Å². The van der Waals surface area contributed by atoms with E-state index in [1.54, 1.807) is 0 Å². The van der Waals surface area contributed by atoms with Gasteiger partial charge >= 0.3 is 5.97 Å². The lowest BCUT2D eigenvalue weighted by molar-refractivity contribution is -0.148. The maximum atomic E-state index is 13.2. The van der Waals surface area contributed by atoms with Crippen molar-refractivity contribution in [3.8, 4) is 0 Å². The third kappa shape index (κ3) is 45.9. The molecule has 0 aromatic rings. The van der Waals surface area contributed by atoms with Crippen molar-refractivity contribution in [3.63, 3.8) is 0 Å². The van der Waals surface area contributed by atoms with Gasteiger partial charge in [0.15, 0.2) is 0 Å². The Bertz CT molecular complexity index is 1130. The standard InChI is InChI=1S/C57H103NO5/c1-4-7-10-13-16-19-22-25-28-31-34-37-40-43-46-49-55(60)54(52-59)58-56(61)51-53(48-45-42-39-36-33-30-27-24-21-18-15-12-9-6-3)63-57(62)50-47-44-41-38-35-32-29-26-23-20-17-14-11-8-5-2/h9,12,18,21,27,30,36,39,45,48,53-55,59-60H,4-8,10-11,13-17,19-20,22-26,28-29,31-35,37-38,40-44,46-47,49-52H2,1-3H3,(H,58,61)/b12-9+,21-18+,30-27+,39-36+,48-45+. The van der Waals surface area contributed by atoms with E-state index in [9.17, 15) is 19.8 Å². The van der Waals surface area contributed by atoms with Gasteiger partial charge in [-0.15, -0.1) is 0 Å². The van der Waals surface area contributed by atoms with E-state index in [-0.39, 0.29) is 24.9 Å². The van der Waals surface area contributed by atoms with Gasteiger partial charge in [-0.2, -0.15) is 0 Å². The number of esters is 1. The molecule has 0 saturated heterocycles. The average Bonchev–Trinajstić information content (AvgIpc) is 3.28. The van der Waals surface area contributed by atoms with Gasteiger partial charge in [0, 0.05) is 6.42 Å². The molecule has 0 fully saturated rings. The summed E-state index contributed by atoms with van der Waals surface area (Å²) < 4.78 is 5.83. The van der Waals surface area contributed by atoms with E-state index >= 15 is 0 Å². The summed E-state index contributed by atoms with van der Waals surface area (Å²) >= 11 is 0. The van der Waals surface area contributed by atoms with E-state index in [1.165, 1.54) is 154 Å². The molecule has 3 unspecified atom stereocenters. The molecule has 0 aliphatic heterocycles. The average molecular weight is 882 g/mol. The number of nitrogens with one attached hydrogen (secondary N) is 1. The first-order valence-electron chi connectivity index (χ1n) is 27.0. The zero-order valence-corrected chi connectivity index (χ0v) is 41.7. The topological polar surface area (TPSA) is 95.9 Å². The van der Waals surface area contributed by atoms with Crippen molar-refractivity contribution in [3.05, 3.63) is 60.8 Å². The van der Waals surface area contributed by atoms with E-state index in [2.05, 4.69) is 74.7 Å². The zero-order chi connectivity index (χ0) is 45.9. The molecule has 0 aromatic heterocycles. The van der Waals surface area contributed by atoms with Crippen molar-refractivity contribution >= 4 is 11.9 Å². The number of hydrogen-bond donors (Lipinski definition) is 3. The smallest absolute Gasteiger partial charge is 0.306 e. The number of aliphatic hydroxyl groups excluding tert-OH is 2. The lowest BCUT2D eigenvalue weighted by Gasteiger charge is -2.23. The van der Waals surface area contributed by atoms with Crippen molar-refractivity contribution in [2.45, 2.75) is 283 Å². The predicted octanol–water partition coefficient (Wildman–Crippen LogP) is 16.4. The van der Waals surface area contributed by atoms with Crippen LogP contribution in [0.1, 0.15) is 265 Å². The number of allylic oxidation sites excluding steroid dienone is 9. The summed E-state index contributed by atoms with van der Waals surface area (Å²) in [7, 11) is 0. The molecule has 1 amide bonds. The highest BCUT2D eigenvalue weighted by Gasteiger charge is 2.23. The lowest BCUT2D eigenvalue weighted by atomic mass is 10.0. The summed E-state index contributed by atoms with van der Waals surface area (Å²) in [4.78, 5) is 26.1. The summed E-state index contributed by atoms with van der Waals surface area (Å²) in [6, 6.07) is -0.742. The van der Waals surface area contributed by atoms with Crippen LogP contribution in [0.2, 0.25) is 0 Å². The van der Waals surface area contributed by atoms with Crippen LogP contribution in [0.4, 0.5) is 0 Å². The van der Waals surface area contributed by atoms with Crippen LogP contribution in [0.3, 0.4) is 0 Å². The second-order valence-corrected chi connectivity index (χ2v) is 18.3. The fraction of sp³-hybridized carbons (Fsp3) is 0.789. The van der Waals surface area contributed by atoms with E-state index in [4.69, 9.17) is 4.74 Å². The largest absolute Gasteiger partial charge is 0.458 e. The second-order valence-electron chi connectivity index (χ2n) is 18.3. The van der Waals surface area contributed by atoms with Gasteiger partial charge < -0.3 is 20.3 Å². The monoisotopic (exact) mass is 882 g/mol. The Hall–Kier alpha value is -2.44. The Morgan fingerprint density at radius 1 is 0.476 bits per heavy atom. The van der Waals surface area contributed by atoms with Crippen LogP contribution in [0, 0.1) is 0 Å². The van der Waals surface area contributed by atoms with Crippen molar-refractivity contribution in [2.24, 2.45) is 0 Å². The van der Waals surface area contributed by atoms with Crippen LogP contribution in [0.15, 0.2) is 60.8 Å². The molecule has 366 valence electrons. The first kappa shape index (κ1) is 60.6. The highest BCUT2D eigenvalue weighted by Crippen LogP contribution is 2.17. The second kappa shape index (κ2) is 50.6. The molecule has 0 saturated carbocycles. The van der Waals surface area contributed by atoms with E-state index in [0.29, 0.717) is 19.3 Å². The fourth-order valence-electron chi connectivity index (χ4n) is 8.04. The highest BCUT2D eigenvalue weighted by atomic mass is 16.5. The molecule has 0 bridgehead atoms. The van der Waals surface area contributed by atoms with Gasteiger partial charge in [-0.3, -0.25) is 9.59 Å². The van der Waals surface area contributed by atoms with E-state index in [1.807, 2.05) is 12.2 Å². The Morgan fingerprint density at radius 2 is 0.825 bits per heavy atom. The molecular weight excluding hydrogens is 779 g/mol. The van der Waals surface area contributed by atoms with Gasteiger partial charge in [0.05, 0.1) is 25.2 Å². The number of ether oxygens (including phenoxy) is 1. The Kier molecular flexibility index (Phi) is 48.6. The predicted molar refractivity (Wildman–Crippen MR) is 273 cm³/mol. The normalized spacial score (nSPS) is 13.7. The minimum absolute atomic E-state index is 0.0442. The van der Waals surface area contributed by atoms with Crippen LogP contribution in [-0.4, -0.2) is 46.9 Å². The summed E-state index contributed by atoms with van der Waals surface area (Å²) in [6.45, 7) is 6.35. The number of carbonyl (C=O) groups excluding carboxylic acids is 2. The van der Waals surface area contributed by atoms with E-state index < -0.39 is 18.2 Å². The van der Waals surface area contributed by atoms with Crippen molar-refractivity contribution in [1.29, 1.82) is 0 Å². The van der Waals surface area contributed by atoms with Crippen LogP contribution in [0.5, 0.6) is 0 Å². The molecule has 0 aromatic carbocycles. The SMILES string of the molecule is CC/C=C/C/C=C/C/C=C/C/C=C/C/C=C/C(CC(=O)NC(CO)C(O)CCCCCCCCCCCCCCCCC)OC(=O)CCCCCCCCCCCCCCCCC. The molecule has 0 aliphatic rings. The summed E-state index contributed by atoms with van der Waals surface area (Å²) in [5.74, 6) is -0.620. The lowest BCUT2D eigenvalue weighted by Crippen LogP contribution is -2.46. The molecule has 6 nitrogen and oxygen atoms in total. The molecule has 0 radical (unpaired) electrons. The first-order chi connectivity index (χ1) is 31.0. The summed E-state index contributed by atoms with van der Waals surface area (Å²) in [6.07, 6.45) is 63.1. The maximum absolute atomic E-state index is 13.2. The van der Waals surface area contributed by atoms with Crippen molar-refractivity contribution in [2.75, 3.05) is 6.61 Å². The first-order valence-corrected chi connectivity index (χ1v) is 27.0. The fourth-order valence-corrected chi connectivity index (χ4v) is 8.04. The summed E-state index contributed by atoms with van der Waals surface area (Å²) in [5, 5.41) is 23.8. The zero-order valence-electron chi connectivity index (χ0n) is 41.7. The number of hydrogen-bond acceptors (Lipinski definition) is 5. The molecule has 3 N–H and O–H groups in total. The molecular formula is C57H103NO5. The quantitative estimate of drug-likeness (QED) is 0.0321. The minimum Gasteiger partial charge on any atom is -0.458 e. The van der Waals surface area contributed by atoms with Gasteiger partial charge in [0.2, 0.25) is 5.91 Å². The van der Waals surface area contributed by atoms with Crippen molar-refractivity contribution < 1.29 is 24.5 Å². The third-order valence-corrected chi connectivity index (χ3v) is 12.1. The maximum Gasteiger partial charge on any atom is 0.306 e. The molecule has 6 heteroatoms. The van der Waals surface area contributed by atoms with Crippen LogP contribution in [-0.2, 0) is 14.3 Å². The summed E-state index contributed by atoms with van der Waals surface area (Å²) in [5.41, 5.74) is 0. The molecule has 0 heterocycles. The number of unbranched alkanes of at least 4 members (excludes halogenated alkanes) is 28. The van der Waals surface area contributed by atoms with Gasteiger partial charge in [-0.05, 0) is 51.0 Å². The molecule has 0 rings (SSSR count). The Morgan fingerprint density at radius 3 is 1.21 bits per heavy atom. The number of rotatable bonds is 48. The molecule has 63 heavy (non-hydrogen) atoms. The molecule has 0 aliphatic carbocycles. The van der Waals surface area contributed by atoms with E-state index in [0.717, 1.165) is 64.2 Å². The van der Waals surface area contributed by atoms with Gasteiger partial charge in [0.1, 0.15) is 6.10 Å². The molecule has 3 atom stereocenters. The van der Waals surface area contributed by atoms with Crippen LogP contribution in [0.25, 0.3) is 0 Å². The van der Waals surface area contributed by atoms with Crippen LogP contribution < -0.4 is 5.32 Å². The highest BCUT2D eigenvalue weighted by molar-refractivity contribution is 5.78. The molecule has 0 spiro atoms. The van der Waals surface area contributed by atoms with Gasteiger partial charge in [-0.25, -0.2) is 0 Å². The van der Waals surface area contributed by atoms with Gasteiger partial charge in [0.25, 0.3) is 0 Å². The number of aliphatic hydroxyl groups is 2. The van der Waals surface area contributed by atoms with Crippen LogP contribution >= 0.6 is 0 Å².